The summed E-state index contributed by atoms with van der Waals surface area (Å²) in [6, 6.07) is 19.1. The van der Waals surface area contributed by atoms with Gasteiger partial charge in [-0.25, -0.2) is 0 Å². The molecular formula is C25H29NO6. The van der Waals surface area contributed by atoms with Gasteiger partial charge in [-0.05, 0) is 29.9 Å². The van der Waals surface area contributed by atoms with Gasteiger partial charge in [0.15, 0.2) is 5.78 Å². The molecule has 0 saturated carbocycles. The summed E-state index contributed by atoms with van der Waals surface area (Å²) in [5.74, 6) is -0.756. The van der Waals surface area contributed by atoms with E-state index in [1.165, 1.54) is 0 Å². The lowest BCUT2D eigenvalue weighted by atomic mass is 9.94. The number of Topliss-reactive ketones (excluding diaryl/α,β-unsaturated/α-hetero) is 1. The van der Waals surface area contributed by atoms with Crippen molar-refractivity contribution in [3.05, 3.63) is 71.8 Å². The van der Waals surface area contributed by atoms with Crippen molar-refractivity contribution in [1.82, 2.24) is 5.32 Å². The molecule has 170 valence electrons. The minimum atomic E-state index is -0.558. The van der Waals surface area contributed by atoms with Crippen LogP contribution in [-0.4, -0.2) is 43.5 Å². The van der Waals surface area contributed by atoms with Crippen molar-refractivity contribution in [2.24, 2.45) is 5.92 Å². The summed E-state index contributed by atoms with van der Waals surface area (Å²) in [5.41, 5.74) is 1.92. The van der Waals surface area contributed by atoms with Gasteiger partial charge in [-0.3, -0.25) is 14.4 Å². The van der Waals surface area contributed by atoms with Crippen LogP contribution in [0.4, 0.5) is 0 Å². The van der Waals surface area contributed by atoms with Gasteiger partial charge in [0.2, 0.25) is 5.91 Å². The summed E-state index contributed by atoms with van der Waals surface area (Å²) in [5, 5.41) is 2.57. The fraction of sp³-hybridized carbons (Fsp3) is 0.400. The van der Waals surface area contributed by atoms with Gasteiger partial charge in [0.1, 0.15) is 19.3 Å². The Morgan fingerprint density at radius 1 is 0.906 bits per heavy atom. The zero-order chi connectivity index (χ0) is 22.6. The number of ketones is 1. The topological polar surface area (TPSA) is 90.9 Å². The molecule has 1 N–H and O–H groups in total. The number of carbonyl (C=O) groups excluding carboxylic acids is 3. The summed E-state index contributed by atoms with van der Waals surface area (Å²) in [6.45, 7) is 0.708. The number of nitrogens with one attached hydrogen (secondary N) is 1. The quantitative estimate of drug-likeness (QED) is 0.542. The highest BCUT2D eigenvalue weighted by molar-refractivity contribution is 5.89. The molecule has 2 atom stereocenters. The van der Waals surface area contributed by atoms with E-state index in [0.717, 1.165) is 11.1 Å². The van der Waals surface area contributed by atoms with E-state index >= 15 is 0 Å². The SMILES string of the molecule is O=C(COCc1ccccc1)NCC(=O)[C@@H]1CC[C@@H](CC(=O)OCc2ccccc2)CO1. The first-order valence-electron chi connectivity index (χ1n) is 10.8. The van der Waals surface area contributed by atoms with E-state index in [1.54, 1.807) is 0 Å². The predicted octanol–water partition coefficient (Wildman–Crippen LogP) is 2.82. The minimum Gasteiger partial charge on any atom is -0.461 e. The zero-order valence-electron chi connectivity index (χ0n) is 18.0. The van der Waals surface area contributed by atoms with Crippen LogP contribution in [0.2, 0.25) is 0 Å². The molecule has 2 aromatic carbocycles. The number of hydrogen-bond acceptors (Lipinski definition) is 6. The van der Waals surface area contributed by atoms with E-state index in [9.17, 15) is 14.4 Å². The predicted molar refractivity (Wildman–Crippen MR) is 117 cm³/mol. The Morgan fingerprint density at radius 2 is 1.56 bits per heavy atom. The van der Waals surface area contributed by atoms with Gasteiger partial charge < -0.3 is 19.5 Å². The van der Waals surface area contributed by atoms with Crippen molar-refractivity contribution in [2.45, 2.75) is 38.6 Å². The first-order chi connectivity index (χ1) is 15.6. The largest absolute Gasteiger partial charge is 0.461 e. The van der Waals surface area contributed by atoms with Crippen molar-refractivity contribution in [2.75, 3.05) is 19.8 Å². The Kier molecular flexibility index (Phi) is 9.40. The van der Waals surface area contributed by atoms with Crippen LogP contribution < -0.4 is 5.32 Å². The monoisotopic (exact) mass is 439 g/mol. The van der Waals surface area contributed by atoms with Gasteiger partial charge in [0.05, 0.1) is 26.2 Å². The molecule has 1 amide bonds. The molecule has 32 heavy (non-hydrogen) atoms. The third-order valence-corrected chi connectivity index (χ3v) is 5.23. The summed E-state index contributed by atoms with van der Waals surface area (Å²) in [7, 11) is 0. The van der Waals surface area contributed by atoms with Crippen LogP contribution in [0.25, 0.3) is 0 Å². The van der Waals surface area contributed by atoms with Crippen molar-refractivity contribution in [3.63, 3.8) is 0 Å². The third-order valence-electron chi connectivity index (χ3n) is 5.23. The highest BCUT2D eigenvalue weighted by Gasteiger charge is 2.28. The lowest BCUT2D eigenvalue weighted by Crippen LogP contribution is -2.40. The third kappa shape index (κ3) is 8.24. The molecule has 2 aromatic rings. The van der Waals surface area contributed by atoms with E-state index in [1.807, 2.05) is 60.7 Å². The van der Waals surface area contributed by atoms with Crippen molar-refractivity contribution in [1.29, 1.82) is 0 Å². The summed E-state index contributed by atoms with van der Waals surface area (Å²) in [6.07, 6.45) is 0.932. The van der Waals surface area contributed by atoms with Gasteiger partial charge in [0.25, 0.3) is 0 Å². The number of benzene rings is 2. The molecule has 7 heteroatoms. The van der Waals surface area contributed by atoms with Crippen LogP contribution in [0.3, 0.4) is 0 Å². The van der Waals surface area contributed by atoms with E-state index in [2.05, 4.69) is 5.32 Å². The van der Waals surface area contributed by atoms with Crippen LogP contribution in [0.1, 0.15) is 30.4 Å². The average Bonchev–Trinajstić information content (AvgIpc) is 2.83. The summed E-state index contributed by atoms with van der Waals surface area (Å²) < 4.78 is 16.3. The van der Waals surface area contributed by atoms with Gasteiger partial charge >= 0.3 is 5.97 Å². The number of amides is 1. The molecule has 0 radical (unpaired) electrons. The number of ether oxygens (including phenoxy) is 3. The molecule has 7 nitrogen and oxygen atoms in total. The Hall–Kier alpha value is -3.03. The van der Waals surface area contributed by atoms with E-state index < -0.39 is 6.10 Å². The van der Waals surface area contributed by atoms with E-state index in [0.29, 0.717) is 26.1 Å². The Labute approximate surface area is 188 Å². The second-order valence-electron chi connectivity index (χ2n) is 7.84. The molecule has 3 rings (SSSR count). The highest BCUT2D eigenvalue weighted by Crippen LogP contribution is 2.22. The zero-order valence-corrected chi connectivity index (χ0v) is 18.0. The van der Waals surface area contributed by atoms with Gasteiger partial charge in [-0.2, -0.15) is 0 Å². The lowest BCUT2D eigenvalue weighted by molar-refractivity contribution is -0.149. The number of rotatable bonds is 11. The number of carbonyl (C=O) groups is 3. The highest BCUT2D eigenvalue weighted by atomic mass is 16.5. The summed E-state index contributed by atoms with van der Waals surface area (Å²) in [4.78, 5) is 36.2. The van der Waals surface area contributed by atoms with Crippen molar-refractivity contribution >= 4 is 17.7 Å². The Bertz CT molecular complexity index is 863. The minimum absolute atomic E-state index is 0.0308. The second-order valence-corrected chi connectivity index (χ2v) is 7.84. The second kappa shape index (κ2) is 12.7. The fourth-order valence-electron chi connectivity index (χ4n) is 3.44. The Morgan fingerprint density at radius 3 is 2.19 bits per heavy atom. The van der Waals surface area contributed by atoms with Gasteiger partial charge in [-0.1, -0.05) is 60.7 Å². The summed E-state index contributed by atoms with van der Waals surface area (Å²) >= 11 is 0. The number of hydrogen-bond donors (Lipinski definition) is 1. The normalized spacial score (nSPS) is 18.0. The van der Waals surface area contributed by atoms with Crippen LogP contribution in [-0.2, 0) is 41.8 Å². The van der Waals surface area contributed by atoms with Crippen molar-refractivity contribution < 1.29 is 28.6 Å². The molecular weight excluding hydrogens is 410 g/mol. The molecule has 1 saturated heterocycles. The maximum Gasteiger partial charge on any atom is 0.306 e. The molecule has 0 bridgehead atoms. The molecule has 1 fully saturated rings. The standard InChI is InChI=1S/C25H29NO6/c27-22(14-26-24(28)18-30-15-19-7-3-1-4-8-19)23-12-11-21(17-31-23)13-25(29)32-16-20-9-5-2-6-10-20/h1-10,21,23H,11-18H2,(H,26,28)/t21-,23-/m0/s1. The first kappa shape index (κ1) is 23.6. The molecule has 0 aliphatic carbocycles. The molecule has 1 aliphatic heterocycles. The first-order valence-corrected chi connectivity index (χ1v) is 10.8. The average molecular weight is 440 g/mol. The van der Waals surface area contributed by atoms with Gasteiger partial charge in [0, 0.05) is 0 Å². The van der Waals surface area contributed by atoms with Crippen LogP contribution in [0.5, 0.6) is 0 Å². The fourth-order valence-corrected chi connectivity index (χ4v) is 3.44. The molecule has 0 spiro atoms. The molecule has 1 aliphatic rings. The molecule has 1 heterocycles. The van der Waals surface area contributed by atoms with E-state index in [4.69, 9.17) is 14.2 Å². The van der Waals surface area contributed by atoms with Gasteiger partial charge in [-0.15, -0.1) is 0 Å². The smallest absolute Gasteiger partial charge is 0.306 e. The Balaban J connectivity index is 1.26. The number of esters is 1. The molecule has 0 aromatic heterocycles. The van der Waals surface area contributed by atoms with Crippen LogP contribution in [0, 0.1) is 5.92 Å². The van der Waals surface area contributed by atoms with Crippen LogP contribution in [0.15, 0.2) is 60.7 Å². The molecule has 0 unspecified atom stereocenters. The maximum absolute atomic E-state index is 12.3. The van der Waals surface area contributed by atoms with E-state index in [-0.39, 0.29) is 49.8 Å². The lowest BCUT2D eigenvalue weighted by Gasteiger charge is -2.27. The maximum atomic E-state index is 12.3. The van der Waals surface area contributed by atoms with Crippen molar-refractivity contribution in [3.8, 4) is 0 Å². The van der Waals surface area contributed by atoms with Crippen LogP contribution >= 0.6 is 0 Å².